The predicted octanol–water partition coefficient (Wildman–Crippen LogP) is 1.26. The van der Waals surface area contributed by atoms with Crippen LogP contribution >= 0.6 is 0 Å². The van der Waals surface area contributed by atoms with Crippen LogP contribution in [-0.2, 0) is 9.53 Å². The van der Waals surface area contributed by atoms with Gasteiger partial charge in [-0.25, -0.2) is 0 Å². The highest BCUT2D eigenvalue weighted by molar-refractivity contribution is 5.81. The van der Waals surface area contributed by atoms with Crippen LogP contribution < -0.4 is 5.32 Å². The van der Waals surface area contributed by atoms with Crippen LogP contribution in [0.1, 0.15) is 34.1 Å². The molecule has 17 heavy (non-hydrogen) atoms. The largest absolute Gasteiger partial charge is 0.378 e. The summed E-state index contributed by atoms with van der Waals surface area (Å²) in [7, 11) is 0. The average Bonchev–Trinajstić information content (AvgIpc) is 2.36. The van der Waals surface area contributed by atoms with Gasteiger partial charge in [-0.1, -0.05) is 20.8 Å². The van der Waals surface area contributed by atoms with E-state index in [-0.39, 0.29) is 17.4 Å². The van der Waals surface area contributed by atoms with E-state index in [0.717, 1.165) is 26.1 Å². The molecule has 0 aromatic heterocycles. The molecule has 1 heterocycles. The van der Waals surface area contributed by atoms with E-state index < -0.39 is 0 Å². The van der Waals surface area contributed by atoms with Crippen molar-refractivity contribution in [3.8, 4) is 0 Å². The lowest BCUT2D eigenvalue weighted by molar-refractivity contribution is -0.137. The molecule has 1 N–H and O–H groups in total. The van der Waals surface area contributed by atoms with Crippen molar-refractivity contribution in [3.63, 3.8) is 0 Å². The van der Waals surface area contributed by atoms with Gasteiger partial charge in [0.15, 0.2) is 0 Å². The summed E-state index contributed by atoms with van der Waals surface area (Å²) in [6.07, 6.45) is 1.11. The first-order valence-corrected chi connectivity index (χ1v) is 6.56. The van der Waals surface area contributed by atoms with Gasteiger partial charge in [0.25, 0.3) is 0 Å². The summed E-state index contributed by atoms with van der Waals surface area (Å²) in [4.78, 5) is 14.0. The molecule has 1 rings (SSSR count). The Hall–Kier alpha value is -0.610. The van der Waals surface area contributed by atoms with Crippen LogP contribution in [0.3, 0.4) is 0 Å². The van der Waals surface area contributed by atoms with E-state index in [9.17, 15) is 4.79 Å². The molecule has 1 aliphatic rings. The fourth-order valence-corrected chi connectivity index (χ4v) is 1.70. The second-order valence-corrected chi connectivity index (χ2v) is 5.56. The van der Waals surface area contributed by atoms with Crippen LogP contribution in [0.15, 0.2) is 0 Å². The number of nitrogens with zero attached hydrogens (tertiary/aromatic N) is 1. The zero-order valence-electron chi connectivity index (χ0n) is 11.6. The number of rotatable bonds is 5. The number of carbonyl (C=O) groups is 1. The van der Waals surface area contributed by atoms with E-state index in [1.807, 2.05) is 11.8 Å². The minimum absolute atomic E-state index is 0.0982. The Morgan fingerprint density at radius 3 is 2.53 bits per heavy atom. The second kappa shape index (κ2) is 6.36. The third-order valence-electron chi connectivity index (χ3n) is 3.54. The smallest absolute Gasteiger partial charge is 0.239 e. The minimum Gasteiger partial charge on any atom is -0.378 e. The molecular formula is C13H26N2O2. The van der Waals surface area contributed by atoms with E-state index in [1.165, 1.54) is 0 Å². The van der Waals surface area contributed by atoms with E-state index in [1.54, 1.807) is 0 Å². The molecule has 100 valence electrons. The first-order chi connectivity index (χ1) is 7.96. The lowest BCUT2D eigenvalue weighted by Crippen LogP contribution is -2.50. The van der Waals surface area contributed by atoms with E-state index >= 15 is 0 Å². The minimum atomic E-state index is -0.0982. The van der Waals surface area contributed by atoms with Crippen LogP contribution in [0.5, 0.6) is 0 Å². The first-order valence-electron chi connectivity index (χ1n) is 6.56. The van der Waals surface area contributed by atoms with Gasteiger partial charge < -0.3 is 15.0 Å². The Morgan fingerprint density at radius 1 is 1.41 bits per heavy atom. The van der Waals surface area contributed by atoms with E-state index in [2.05, 4.69) is 26.1 Å². The molecule has 1 saturated heterocycles. The van der Waals surface area contributed by atoms with E-state index in [4.69, 9.17) is 4.74 Å². The van der Waals surface area contributed by atoms with Crippen molar-refractivity contribution < 1.29 is 9.53 Å². The maximum atomic E-state index is 12.1. The van der Waals surface area contributed by atoms with E-state index in [0.29, 0.717) is 13.2 Å². The Balaban J connectivity index is 2.36. The fraction of sp³-hybridized carbons (Fsp3) is 0.923. The molecule has 0 saturated carbocycles. The number of carbonyl (C=O) groups excluding carboxylic acids is 1. The van der Waals surface area contributed by atoms with Gasteiger partial charge in [0.05, 0.1) is 19.3 Å². The van der Waals surface area contributed by atoms with Crippen LogP contribution in [-0.4, -0.2) is 49.7 Å². The maximum absolute atomic E-state index is 12.1. The van der Waals surface area contributed by atoms with Crippen molar-refractivity contribution in [1.29, 1.82) is 0 Å². The highest BCUT2D eigenvalue weighted by Gasteiger charge is 2.24. The van der Waals surface area contributed by atoms with Gasteiger partial charge in [-0.05, 0) is 18.8 Å². The van der Waals surface area contributed by atoms with Gasteiger partial charge in [0, 0.05) is 19.6 Å². The number of morpholine rings is 1. The second-order valence-electron chi connectivity index (χ2n) is 5.56. The normalized spacial score (nSPS) is 19.2. The molecule has 0 aromatic carbocycles. The molecule has 0 radical (unpaired) electrons. The zero-order valence-corrected chi connectivity index (χ0v) is 11.6. The molecule has 4 nitrogen and oxygen atoms in total. The number of hydrogen-bond acceptors (Lipinski definition) is 3. The zero-order chi connectivity index (χ0) is 12.9. The van der Waals surface area contributed by atoms with Crippen molar-refractivity contribution >= 4 is 5.91 Å². The number of amides is 1. The summed E-state index contributed by atoms with van der Waals surface area (Å²) in [5, 5.41) is 3.34. The first kappa shape index (κ1) is 14.5. The summed E-state index contributed by atoms with van der Waals surface area (Å²) in [6, 6.07) is -0.0982. The van der Waals surface area contributed by atoms with Crippen LogP contribution in [0.2, 0.25) is 0 Å². The van der Waals surface area contributed by atoms with Crippen molar-refractivity contribution in [3.05, 3.63) is 0 Å². The van der Waals surface area contributed by atoms with Crippen LogP contribution in [0, 0.1) is 5.41 Å². The summed E-state index contributed by atoms with van der Waals surface area (Å²) in [5.41, 5.74) is 0.250. The lowest BCUT2D eigenvalue weighted by Gasteiger charge is -2.31. The molecule has 1 aliphatic heterocycles. The van der Waals surface area contributed by atoms with Crippen molar-refractivity contribution in [2.45, 2.75) is 40.2 Å². The molecule has 0 aromatic rings. The van der Waals surface area contributed by atoms with Gasteiger partial charge in [-0.3, -0.25) is 4.79 Å². The molecule has 1 atom stereocenters. The van der Waals surface area contributed by atoms with Crippen LogP contribution in [0.25, 0.3) is 0 Å². The monoisotopic (exact) mass is 242 g/mol. The number of nitrogens with one attached hydrogen (secondary N) is 1. The third kappa shape index (κ3) is 4.64. The molecule has 1 fully saturated rings. The Labute approximate surface area is 105 Å². The summed E-state index contributed by atoms with van der Waals surface area (Å²) in [5.74, 6) is 0.195. The topological polar surface area (TPSA) is 41.6 Å². The summed E-state index contributed by atoms with van der Waals surface area (Å²) < 4.78 is 5.25. The maximum Gasteiger partial charge on any atom is 0.239 e. The van der Waals surface area contributed by atoms with Gasteiger partial charge in [-0.15, -0.1) is 0 Å². The van der Waals surface area contributed by atoms with Gasteiger partial charge in [0.2, 0.25) is 5.91 Å². The number of hydrogen-bond donors (Lipinski definition) is 1. The van der Waals surface area contributed by atoms with Crippen molar-refractivity contribution in [2.24, 2.45) is 5.41 Å². The molecule has 0 spiro atoms. The fourth-order valence-electron chi connectivity index (χ4n) is 1.70. The standard InChI is InChI=1S/C13H26N2O2/c1-5-13(3,4)10-14-11(2)12(16)15-6-8-17-9-7-15/h11,14H,5-10H2,1-4H3. The van der Waals surface area contributed by atoms with Crippen molar-refractivity contribution in [1.82, 2.24) is 10.2 Å². The third-order valence-corrected chi connectivity index (χ3v) is 3.54. The predicted molar refractivity (Wildman–Crippen MR) is 68.9 cm³/mol. The van der Waals surface area contributed by atoms with Crippen LogP contribution in [0.4, 0.5) is 0 Å². The average molecular weight is 242 g/mol. The van der Waals surface area contributed by atoms with Crippen molar-refractivity contribution in [2.75, 3.05) is 32.8 Å². The quantitative estimate of drug-likeness (QED) is 0.789. The van der Waals surface area contributed by atoms with Gasteiger partial charge in [-0.2, -0.15) is 0 Å². The highest BCUT2D eigenvalue weighted by Crippen LogP contribution is 2.18. The molecule has 4 heteroatoms. The molecule has 1 amide bonds. The Kier molecular flexibility index (Phi) is 5.40. The molecule has 0 aliphatic carbocycles. The molecule has 1 unspecified atom stereocenters. The summed E-state index contributed by atoms with van der Waals surface area (Å²) in [6.45, 7) is 12.2. The summed E-state index contributed by atoms with van der Waals surface area (Å²) >= 11 is 0. The molecular weight excluding hydrogens is 216 g/mol. The van der Waals surface area contributed by atoms with Gasteiger partial charge in [0.1, 0.15) is 0 Å². The lowest BCUT2D eigenvalue weighted by atomic mass is 9.90. The van der Waals surface area contributed by atoms with Gasteiger partial charge >= 0.3 is 0 Å². The SMILES string of the molecule is CCC(C)(C)CNC(C)C(=O)N1CCOCC1. The highest BCUT2D eigenvalue weighted by atomic mass is 16.5. The molecule has 0 bridgehead atoms. The number of ether oxygens (including phenoxy) is 1. The Morgan fingerprint density at radius 2 is 2.00 bits per heavy atom. The Bertz CT molecular complexity index is 248.